The minimum atomic E-state index is 0.0354. The Bertz CT molecular complexity index is 786. The van der Waals surface area contributed by atoms with Crippen molar-refractivity contribution in [2.24, 2.45) is 18.9 Å². The molecule has 0 spiro atoms. The Kier molecular flexibility index (Phi) is 3.59. The van der Waals surface area contributed by atoms with E-state index >= 15 is 0 Å². The molecule has 4 rings (SSSR count). The van der Waals surface area contributed by atoms with Gasteiger partial charge in [-0.1, -0.05) is 26.0 Å². The zero-order chi connectivity index (χ0) is 16.8. The second-order valence-electron chi connectivity index (χ2n) is 7.24. The smallest absolute Gasteiger partial charge is 0.274 e. The number of likely N-dealkylation sites (tertiary alicyclic amines) is 1. The summed E-state index contributed by atoms with van der Waals surface area (Å²) >= 11 is 0. The number of piperidine rings is 1. The lowest BCUT2D eigenvalue weighted by Crippen LogP contribution is -2.43. The molecular weight excluding hydrogens is 302 g/mol. The number of para-hydroxylation sites is 1. The summed E-state index contributed by atoms with van der Waals surface area (Å²) in [4.78, 5) is 15.0. The highest BCUT2D eigenvalue weighted by Gasteiger charge is 2.33. The van der Waals surface area contributed by atoms with Crippen molar-refractivity contribution in [3.8, 4) is 17.0 Å². The third-order valence-corrected chi connectivity index (χ3v) is 5.02. The lowest BCUT2D eigenvalue weighted by atomic mass is 9.91. The maximum Gasteiger partial charge on any atom is 0.274 e. The molecule has 2 aliphatic rings. The number of amides is 1. The second kappa shape index (κ2) is 5.65. The van der Waals surface area contributed by atoms with Gasteiger partial charge in [-0.3, -0.25) is 9.48 Å². The van der Waals surface area contributed by atoms with Crippen LogP contribution in [0.15, 0.2) is 24.3 Å². The predicted molar refractivity (Wildman–Crippen MR) is 91.8 cm³/mol. The van der Waals surface area contributed by atoms with E-state index in [2.05, 4.69) is 18.9 Å². The fourth-order valence-corrected chi connectivity index (χ4v) is 4.13. The van der Waals surface area contributed by atoms with Crippen molar-refractivity contribution in [1.29, 1.82) is 0 Å². The number of nitrogens with zero attached hydrogens (tertiary/aromatic N) is 3. The van der Waals surface area contributed by atoms with Gasteiger partial charge in [0, 0.05) is 31.3 Å². The monoisotopic (exact) mass is 325 g/mol. The fraction of sp³-hybridized carbons (Fsp3) is 0.474. The van der Waals surface area contributed by atoms with E-state index in [0.717, 1.165) is 35.7 Å². The van der Waals surface area contributed by atoms with E-state index in [4.69, 9.17) is 4.74 Å². The molecule has 2 aliphatic heterocycles. The average molecular weight is 325 g/mol. The highest BCUT2D eigenvalue weighted by atomic mass is 16.5. The molecule has 24 heavy (non-hydrogen) atoms. The summed E-state index contributed by atoms with van der Waals surface area (Å²) in [5.74, 6) is 1.96. The first-order valence-electron chi connectivity index (χ1n) is 8.62. The summed E-state index contributed by atoms with van der Waals surface area (Å²) in [7, 11) is 1.90. The zero-order valence-electron chi connectivity index (χ0n) is 14.5. The summed E-state index contributed by atoms with van der Waals surface area (Å²) < 4.78 is 7.68. The van der Waals surface area contributed by atoms with Crippen LogP contribution in [-0.2, 0) is 13.7 Å². The number of aryl methyl sites for hydroxylation is 1. The Morgan fingerprint density at radius 2 is 1.92 bits per heavy atom. The second-order valence-corrected chi connectivity index (χ2v) is 7.24. The van der Waals surface area contributed by atoms with E-state index in [1.807, 2.05) is 40.9 Å². The first-order chi connectivity index (χ1) is 11.5. The Labute approximate surface area is 142 Å². The molecular formula is C19H23N3O2. The molecule has 2 aromatic rings. The molecule has 1 saturated heterocycles. The Balaban J connectivity index is 1.73. The number of rotatable bonds is 1. The molecule has 3 heterocycles. The van der Waals surface area contributed by atoms with E-state index in [-0.39, 0.29) is 5.91 Å². The normalized spacial score (nSPS) is 22.5. The number of ether oxygens (including phenoxy) is 1. The van der Waals surface area contributed by atoms with Crippen LogP contribution in [0.1, 0.15) is 36.3 Å². The molecule has 0 saturated carbocycles. The topological polar surface area (TPSA) is 47.4 Å². The molecule has 1 aromatic carbocycles. The van der Waals surface area contributed by atoms with Gasteiger partial charge in [-0.25, -0.2) is 0 Å². The minimum Gasteiger partial charge on any atom is -0.488 e. The van der Waals surface area contributed by atoms with Gasteiger partial charge in [0.1, 0.15) is 12.4 Å². The third kappa shape index (κ3) is 2.39. The van der Waals surface area contributed by atoms with E-state index in [0.29, 0.717) is 24.1 Å². The molecule has 5 nitrogen and oxygen atoms in total. The highest BCUT2D eigenvalue weighted by molar-refractivity contribution is 5.96. The summed E-state index contributed by atoms with van der Waals surface area (Å²) in [5, 5.41) is 4.56. The molecule has 1 aromatic heterocycles. The zero-order valence-corrected chi connectivity index (χ0v) is 14.5. The number of benzene rings is 1. The SMILES string of the molecule is C[C@H]1C[C@H](C)CN(C(=O)c2nn(C)c3c2COc2ccccc2-3)C1. The molecule has 0 aliphatic carbocycles. The standard InChI is InChI=1S/C19H23N3O2/c1-12-8-13(2)10-22(9-12)19(23)17-15-11-24-16-7-5-4-6-14(16)18(15)21(3)20-17/h4-7,12-13H,8-11H2,1-3H3/t12-,13-/m0/s1. The van der Waals surface area contributed by atoms with Crippen molar-refractivity contribution in [2.45, 2.75) is 26.9 Å². The molecule has 0 radical (unpaired) electrons. The molecule has 126 valence electrons. The minimum absolute atomic E-state index is 0.0354. The number of hydrogen-bond acceptors (Lipinski definition) is 3. The first kappa shape index (κ1) is 15.2. The van der Waals surface area contributed by atoms with Gasteiger partial charge < -0.3 is 9.64 Å². The lowest BCUT2D eigenvalue weighted by molar-refractivity contribution is 0.0614. The molecule has 0 N–H and O–H groups in total. The van der Waals surface area contributed by atoms with Gasteiger partial charge in [0.05, 0.1) is 5.69 Å². The Morgan fingerprint density at radius 1 is 1.21 bits per heavy atom. The van der Waals surface area contributed by atoms with Crippen molar-refractivity contribution >= 4 is 5.91 Å². The van der Waals surface area contributed by atoms with Crippen LogP contribution in [0.4, 0.5) is 0 Å². The number of carbonyl (C=O) groups excluding carboxylic acids is 1. The van der Waals surface area contributed by atoms with Crippen molar-refractivity contribution < 1.29 is 9.53 Å². The van der Waals surface area contributed by atoms with Crippen LogP contribution in [-0.4, -0.2) is 33.7 Å². The number of aromatic nitrogens is 2. The van der Waals surface area contributed by atoms with Gasteiger partial charge in [0.15, 0.2) is 5.69 Å². The molecule has 2 atom stereocenters. The Hall–Kier alpha value is -2.30. The number of carbonyl (C=O) groups is 1. The summed E-state index contributed by atoms with van der Waals surface area (Å²) in [6.45, 7) is 6.45. The van der Waals surface area contributed by atoms with Gasteiger partial charge >= 0.3 is 0 Å². The largest absolute Gasteiger partial charge is 0.488 e. The maximum absolute atomic E-state index is 13.1. The van der Waals surface area contributed by atoms with Crippen LogP contribution in [0.3, 0.4) is 0 Å². The highest BCUT2D eigenvalue weighted by Crippen LogP contribution is 2.38. The molecule has 1 fully saturated rings. The van der Waals surface area contributed by atoms with E-state index in [9.17, 15) is 4.79 Å². The van der Waals surface area contributed by atoms with E-state index < -0.39 is 0 Å². The van der Waals surface area contributed by atoms with Gasteiger partial charge in [-0.15, -0.1) is 0 Å². The molecule has 0 bridgehead atoms. The van der Waals surface area contributed by atoms with Crippen LogP contribution in [0.5, 0.6) is 5.75 Å². The van der Waals surface area contributed by atoms with Crippen molar-refractivity contribution in [3.05, 3.63) is 35.5 Å². The van der Waals surface area contributed by atoms with E-state index in [1.54, 1.807) is 0 Å². The third-order valence-electron chi connectivity index (χ3n) is 5.02. The van der Waals surface area contributed by atoms with Crippen LogP contribution in [0.25, 0.3) is 11.3 Å². The summed E-state index contributed by atoms with van der Waals surface area (Å²) in [6, 6.07) is 7.93. The maximum atomic E-state index is 13.1. The lowest BCUT2D eigenvalue weighted by Gasteiger charge is -2.34. The van der Waals surface area contributed by atoms with Crippen LogP contribution in [0, 0.1) is 11.8 Å². The molecule has 5 heteroatoms. The molecule has 1 amide bonds. The van der Waals surface area contributed by atoms with Crippen molar-refractivity contribution in [2.75, 3.05) is 13.1 Å². The van der Waals surface area contributed by atoms with Crippen LogP contribution < -0.4 is 4.74 Å². The Morgan fingerprint density at radius 3 is 2.67 bits per heavy atom. The van der Waals surface area contributed by atoms with Gasteiger partial charge in [0.2, 0.25) is 0 Å². The van der Waals surface area contributed by atoms with Gasteiger partial charge in [-0.2, -0.15) is 5.10 Å². The summed E-state index contributed by atoms with van der Waals surface area (Å²) in [5.41, 5.74) is 3.46. The van der Waals surface area contributed by atoms with Gasteiger partial charge in [-0.05, 0) is 30.4 Å². The summed E-state index contributed by atoms with van der Waals surface area (Å²) in [6.07, 6.45) is 1.18. The average Bonchev–Trinajstić information content (AvgIpc) is 2.90. The quantitative estimate of drug-likeness (QED) is 0.809. The number of fused-ring (bicyclic) bond motifs is 3. The van der Waals surface area contributed by atoms with Crippen molar-refractivity contribution in [1.82, 2.24) is 14.7 Å². The predicted octanol–water partition coefficient (Wildman–Crippen LogP) is 3.10. The van der Waals surface area contributed by atoms with Gasteiger partial charge in [0.25, 0.3) is 5.91 Å². The van der Waals surface area contributed by atoms with Crippen LogP contribution >= 0.6 is 0 Å². The number of hydrogen-bond donors (Lipinski definition) is 0. The van der Waals surface area contributed by atoms with E-state index in [1.165, 1.54) is 6.42 Å². The first-order valence-corrected chi connectivity index (χ1v) is 8.62. The fourth-order valence-electron chi connectivity index (χ4n) is 4.13. The van der Waals surface area contributed by atoms with Crippen LogP contribution in [0.2, 0.25) is 0 Å². The molecule has 0 unspecified atom stereocenters. The van der Waals surface area contributed by atoms with Crippen molar-refractivity contribution in [3.63, 3.8) is 0 Å².